The van der Waals surface area contributed by atoms with E-state index in [4.69, 9.17) is 10.5 Å². The third-order valence-electron chi connectivity index (χ3n) is 2.57. The molecule has 2 rings (SSSR count). The highest BCUT2D eigenvalue weighted by atomic mass is 16.5. The Kier molecular flexibility index (Phi) is 2.20. The maximum Gasteiger partial charge on any atom is 0.124 e. The van der Waals surface area contributed by atoms with E-state index < -0.39 is 5.54 Å². The second kappa shape index (κ2) is 3.28. The summed E-state index contributed by atoms with van der Waals surface area (Å²) in [5.74, 6) is 0.842. The van der Waals surface area contributed by atoms with Gasteiger partial charge in [-0.3, -0.25) is 0 Å². The van der Waals surface area contributed by atoms with Gasteiger partial charge in [0, 0.05) is 28.2 Å². The van der Waals surface area contributed by atoms with Crippen molar-refractivity contribution in [3.05, 3.63) is 30.0 Å². The number of nitrogens with one attached hydrogen (secondary N) is 1. The van der Waals surface area contributed by atoms with E-state index >= 15 is 0 Å². The highest BCUT2D eigenvalue weighted by Gasteiger charge is 2.20. The van der Waals surface area contributed by atoms with Crippen molar-refractivity contribution < 1.29 is 4.74 Å². The summed E-state index contributed by atoms with van der Waals surface area (Å²) in [6, 6.07) is 6.08. The summed E-state index contributed by atoms with van der Waals surface area (Å²) in [7, 11) is 1.67. The average molecular weight is 204 g/mol. The molecule has 0 aliphatic heterocycles. The zero-order valence-electron chi connectivity index (χ0n) is 9.29. The predicted octanol–water partition coefficient (Wildman–Crippen LogP) is 2.37. The predicted molar refractivity (Wildman–Crippen MR) is 62.1 cm³/mol. The Morgan fingerprint density at radius 3 is 2.67 bits per heavy atom. The molecule has 80 valence electrons. The molecule has 1 aromatic carbocycles. The molecule has 3 heteroatoms. The first-order valence-electron chi connectivity index (χ1n) is 4.97. The highest BCUT2D eigenvalue weighted by Crippen LogP contribution is 2.31. The molecule has 0 saturated heterocycles. The summed E-state index contributed by atoms with van der Waals surface area (Å²) in [6.07, 6.45) is 1.91. The number of H-pyrrole nitrogens is 1. The van der Waals surface area contributed by atoms with Crippen LogP contribution in [0.5, 0.6) is 5.75 Å². The van der Waals surface area contributed by atoms with Gasteiger partial charge >= 0.3 is 0 Å². The van der Waals surface area contributed by atoms with Crippen LogP contribution in [-0.2, 0) is 5.54 Å². The van der Waals surface area contributed by atoms with Crippen LogP contribution in [0.2, 0.25) is 0 Å². The van der Waals surface area contributed by atoms with Crippen molar-refractivity contribution in [3.8, 4) is 5.75 Å². The lowest BCUT2D eigenvalue weighted by Gasteiger charge is -2.22. The van der Waals surface area contributed by atoms with E-state index in [2.05, 4.69) is 4.98 Å². The normalized spacial score (nSPS) is 12.0. The molecule has 0 fully saturated rings. The Hall–Kier alpha value is -1.48. The molecule has 3 N–H and O–H groups in total. The van der Waals surface area contributed by atoms with Crippen LogP contribution < -0.4 is 10.5 Å². The number of hydrogen-bond donors (Lipinski definition) is 2. The Morgan fingerprint density at radius 2 is 2.07 bits per heavy atom. The van der Waals surface area contributed by atoms with E-state index in [0.29, 0.717) is 0 Å². The zero-order valence-corrected chi connectivity index (χ0v) is 9.29. The Bertz CT molecular complexity index is 480. The minimum absolute atomic E-state index is 0.398. The smallest absolute Gasteiger partial charge is 0.124 e. The van der Waals surface area contributed by atoms with Crippen molar-refractivity contribution in [1.82, 2.24) is 4.98 Å². The average Bonchev–Trinajstić information content (AvgIpc) is 2.60. The van der Waals surface area contributed by atoms with Gasteiger partial charge in [-0.15, -0.1) is 0 Å². The fourth-order valence-electron chi connectivity index (χ4n) is 1.75. The Balaban J connectivity index is 2.70. The minimum atomic E-state index is -0.398. The van der Waals surface area contributed by atoms with Crippen molar-refractivity contribution in [2.45, 2.75) is 19.4 Å². The van der Waals surface area contributed by atoms with Crippen LogP contribution in [0.25, 0.3) is 10.9 Å². The van der Waals surface area contributed by atoms with E-state index in [9.17, 15) is 0 Å². The van der Waals surface area contributed by atoms with Crippen molar-refractivity contribution in [1.29, 1.82) is 0 Å². The van der Waals surface area contributed by atoms with Crippen molar-refractivity contribution in [3.63, 3.8) is 0 Å². The fraction of sp³-hybridized carbons (Fsp3) is 0.333. The Morgan fingerprint density at radius 1 is 1.33 bits per heavy atom. The Labute approximate surface area is 89.2 Å². The molecule has 0 radical (unpaired) electrons. The first kappa shape index (κ1) is 10.1. The van der Waals surface area contributed by atoms with Crippen molar-refractivity contribution in [2.75, 3.05) is 7.11 Å². The summed E-state index contributed by atoms with van der Waals surface area (Å²) >= 11 is 0. The van der Waals surface area contributed by atoms with Crippen LogP contribution in [0.15, 0.2) is 24.4 Å². The molecule has 0 atom stereocenters. The van der Waals surface area contributed by atoms with Gasteiger partial charge in [0.25, 0.3) is 0 Å². The summed E-state index contributed by atoms with van der Waals surface area (Å²) in [4.78, 5) is 3.17. The van der Waals surface area contributed by atoms with Gasteiger partial charge in [0.05, 0.1) is 7.11 Å². The van der Waals surface area contributed by atoms with Gasteiger partial charge in [-0.25, -0.2) is 0 Å². The number of aromatic nitrogens is 1. The summed E-state index contributed by atoms with van der Waals surface area (Å²) in [5, 5.41) is 1.14. The number of rotatable bonds is 2. The first-order valence-corrected chi connectivity index (χ1v) is 4.97. The largest absolute Gasteiger partial charge is 0.496 e. The number of nitrogens with two attached hydrogens (primary N) is 1. The quantitative estimate of drug-likeness (QED) is 0.789. The molecule has 0 amide bonds. The number of methoxy groups -OCH3 is 1. The molecule has 0 unspecified atom stereocenters. The topological polar surface area (TPSA) is 51.0 Å². The van der Waals surface area contributed by atoms with E-state index in [-0.39, 0.29) is 0 Å². The molecule has 1 heterocycles. The van der Waals surface area contributed by atoms with Crippen molar-refractivity contribution in [2.24, 2.45) is 5.73 Å². The molecule has 3 nitrogen and oxygen atoms in total. The number of aromatic amines is 1. The van der Waals surface area contributed by atoms with Gasteiger partial charge in [-0.2, -0.15) is 0 Å². The zero-order chi connectivity index (χ0) is 11.1. The molecule has 15 heavy (non-hydrogen) atoms. The molecule has 0 saturated carbocycles. The molecule has 0 spiro atoms. The van der Waals surface area contributed by atoms with Crippen LogP contribution >= 0.6 is 0 Å². The molecule has 0 aliphatic carbocycles. The van der Waals surface area contributed by atoms with Gasteiger partial charge in [-0.05, 0) is 32.0 Å². The SMILES string of the molecule is COc1cc2cc[nH]c2cc1C(C)(C)N. The van der Waals surface area contributed by atoms with Gasteiger partial charge in [0.1, 0.15) is 5.75 Å². The van der Waals surface area contributed by atoms with Crippen LogP contribution in [0.3, 0.4) is 0 Å². The monoisotopic (exact) mass is 204 g/mol. The molecular weight excluding hydrogens is 188 g/mol. The molecule has 0 aliphatic rings. The summed E-state index contributed by atoms with van der Waals surface area (Å²) < 4.78 is 5.36. The van der Waals surface area contributed by atoms with Crippen LogP contribution in [0.1, 0.15) is 19.4 Å². The summed E-state index contributed by atoms with van der Waals surface area (Å²) in [6.45, 7) is 3.94. The number of benzene rings is 1. The van der Waals surface area contributed by atoms with Gasteiger partial charge in [0.15, 0.2) is 0 Å². The van der Waals surface area contributed by atoms with E-state index in [1.54, 1.807) is 7.11 Å². The number of hydrogen-bond acceptors (Lipinski definition) is 2. The highest BCUT2D eigenvalue weighted by molar-refractivity contribution is 5.82. The second-order valence-corrected chi connectivity index (χ2v) is 4.34. The molecule has 1 aromatic heterocycles. The lowest BCUT2D eigenvalue weighted by Crippen LogP contribution is -2.29. The number of ether oxygens (including phenoxy) is 1. The maximum absolute atomic E-state index is 6.10. The standard InChI is InChI=1S/C12H16N2O/c1-12(2,13)9-7-10-8(4-5-14-10)6-11(9)15-3/h4-7,14H,13H2,1-3H3. The first-order chi connectivity index (χ1) is 7.02. The lowest BCUT2D eigenvalue weighted by atomic mass is 9.94. The second-order valence-electron chi connectivity index (χ2n) is 4.34. The maximum atomic E-state index is 6.10. The summed E-state index contributed by atoms with van der Waals surface area (Å²) in [5.41, 5.74) is 7.80. The van der Waals surface area contributed by atoms with Crippen molar-refractivity contribution >= 4 is 10.9 Å². The van der Waals surface area contributed by atoms with E-state index in [0.717, 1.165) is 22.2 Å². The lowest BCUT2D eigenvalue weighted by molar-refractivity contribution is 0.395. The van der Waals surface area contributed by atoms with Gasteiger partial charge < -0.3 is 15.5 Å². The molecular formula is C12H16N2O. The van der Waals surface area contributed by atoms with Gasteiger partial charge in [0.2, 0.25) is 0 Å². The van der Waals surface area contributed by atoms with Gasteiger partial charge in [-0.1, -0.05) is 0 Å². The third-order valence-corrected chi connectivity index (χ3v) is 2.57. The van der Waals surface area contributed by atoms with Crippen LogP contribution in [0.4, 0.5) is 0 Å². The molecule has 0 bridgehead atoms. The van der Waals surface area contributed by atoms with E-state index in [1.165, 1.54) is 0 Å². The fourth-order valence-corrected chi connectivity index (χ4v) is 1.75. The minimum Gasteiger partial charge on any atom is -0.496 e. The van der Waals surface area contributed by atoms with E-state index in [1.807, 2.05) is 38.2 Å². The number of fused-ring (bicyclic) bond motifs is 1. The molecule has 2 aromatic rings. The van der Waals surface area contributed by atoms with Crippen LogP contribution in [-0.4, -0.2) is 12.1 Å². The third kappa shape index (κ3) is 1.70. The van der Waals surface area contributed by atoms with Crippen LogP contribution in [0, 0.1) is 0 Å².